The van der Waals surface area contributed by atoms with Gasteiger partial charge < -0.3 is 20.1 Å². The minimum Gasteiger partial charge on any atom is -0.460 e. The van der Waals surface area contributed by atoms with Crippen LogP contribution in [-0.2, 0) is 36.8 Å². The molecule has 2 aliphatic rings. The number of anilines is 1. The van der Waals surface area contributed by atoms with Gasteiger partial charge in [-0.2, -0.15) is 0 Å². The fraction of sp³-hybridized carbons (Fsp3) is 0.300. The molecule has 0 saturated heterocycles. The van der Waals surface area contributed by atoms with Crippen LogP contribution in [0.3, 0.4) is 0 Å². The quantitative estimate of drug-likeness (QED) is 0.189. The summed E-state index contributed by atoms with van der Waals surface area (Å²) in [5.41, 5.74) is 6.56. The lowest BCUT2D eigenvalue weighted by atomic mass is 9.93. The normalized spacial score (nSPS) is 15.6. The van der Waals surface area contributed by atoms with Crippen LogP contribution < -0.4 is 10.6 Å². The van der Waals surface area contributed by atoms with Crippen LogP contribution in [-0.4, -0.2) is 53.1 Å². The molecule has 50 heavy (non-hydrogen) atoms. The Morgan fingerprint density at radius 3 is 2.14 bits per heavy atom. The summed E-state index contributed by atoms with van der Waals surface area (Å²) in [6, 6.07) is 26.4. The van der Waals surface area contributed by atoms with E-state index in [0.717, 1.165) is 38.9 Å². The van der Waals surface area contributed by atoms with Crippen LogP contribution in [0.4, 0.5) is 10.5 Å². The molecule has 1 heterocycles. The fourth-order valence-corrected chi connectivity index (χ4v) is 6.72. The van der Waals surface area contributed by atoms with Crippen LogP contribution >= 0.6 is 11.6 Å². The van der Waals surface area contributed by atoms with E-state index in [1.54, 1.807) is 45.9 Å². The molecule has 10 heteroatoms. The van der Waals surface area contributed by atoms with Gasteiger partial charge in [-0.05, 0) is 84.8 Å². The highest BCUT2D eigenvalue weighted by atomic mass is 35.5. The number of fused-ring (bicyclic) bond motifs is 4. The van der Waals surface area contributed by atoms with Crippen LogP contribution in [0.25, 0.3) is 11.1 Å². The number of nitrogens with one attached hydrogen (secondary N) is 2. The molecule has 4 aromatic rings. The number of aryl methyl sites for hydroxylation is 1. The van der Waals surface area contributed by atoms with Crippen LogP contribution in [0, 0.1) is 6.92 Å². The van der Waals surface area contributed by atoms with Crippen molar-refractivity contribution in [2.45, 2.75) is 70.7 Å². The molecular weight excluding hydrogens is 654 g/mol. The number of halogens is 1. The Morgan fingerprint density at radius 2 is 1.50 bits per heavy atom. The summed E-state index contributed by atoms with van der Waals surface area (Å²) in [7, 11) is 0. The van der Waals surface area contributed by atoms with Gasteiger partial charge in [-0.1, -0.05) is 84.4 Å². The summed E-state index contributed by atoms with van der Waals surface area (Å²) in [4.78, 5) is 56.0. The SMILES string of the molecule is Cc1cc(NC(=O)[C@H](CC(=O)OC(C)(C)C)NC(=O)[C@@H]2Cc3ccccc3CN2C(=O)OCC2c3ccccc3-c3ccccc32)ccc1Cl. The van der Waals surface area contributed by atoms with Crippen molar-refractivity contribution < 1.29 is 28.7 Å². The molecule has 0 radical (unpaired) electrons. The zero-order chi connectivity index (χ0) is 35.6. The average molecular weight is 694 g/mol. The number of rotatable bonds is 8. The molecule has 258 valence electrons. The molecule has 9 nitrogen and oxygen atoms in total. The van der Waals surface area contributed by atoms with Crippen LogP contribution in [0.1, 0.15) is 60.9 Å². The number of benzene rings is 4. The highest BCUT2D eigenvalue weighted by Gasteiger charge is 2.39. The maximum Gasteiger partial charge on any atom is 0.410 e. The van der Waals surface area contributed by atoms with E-state index in [2.05, 4.69) is 22.8 Å². The van der Waals surface area contributed by atoms with Gasteiger partial charge in [0.1, 0.15) is 24.3 Å². The minimum absolute atomic E-state index is 0.0868. The Morgan fingerprint density at radius 1 is 0.880 bits per heavy atom. The smallest absolute Gasteiger partial charge is 0.410 e. The van der Waals surface area contributed by atoms with E-state index in [1.807, 2.05) is 60.7 Å². The van der Waals surface area contributed by atoms with Gasteiger partial charge in [0.2, 0.25) is 11.8 Å². The minimum atomic E-state index is -1.30. The summed E-state index contributed by atoms with van der Waals surface area (Å²) in [6.45, 7) is 7.19. The molecule has 3 amide bonds. The molecule has 2 N–H and O–H groups in total. The number of ether oxygens (including phenoxy) is 2. The molecule has 0 saturated carbocycles. The predicted molar refractivity (Wildman–Crippen MR) is 192 cm³/mol. The van der Waals surface area contributed by atoms with E-state index in [4.69, 9.17) is 21.1 Å². The molecular formula is C40H40ClN3O6. The van der Waals surface area contributed by atoms with Gasteiger partial charge in [0.05, 0.1) is 13.0 Å². The third-order valence-electron chi connectivity index (χ3n) is 8.97. The highest BCUT2D eigenvalue weighted by molar-refractivity contribution is 6.31. The third-order valence-corrected chi connectivity index (χ3v) is 9.40. The van der Waals surface area contributed by atoms with Gasteiger partial charge in [-0.3, -0.25) is 19.3 Å². The standard InChI is InChI=1S/C40H40ClN3O6/c1-24-19-27(17-18-33(24)41)42-37(46)34(21-36(45)50-40(2,3)4)43-38(47)35-20-25-11-5-6-12-26(25)22-44(35)39(48)49-23-32-30-15-9-7-13-28(30)29-14-8-10-16-31(29)32/h5-19,32,34-35H,20-23H2,1-4H3,(H,42,46)(H,43,47)/t34-,35-/m0/s1. The summed E-state index contributed by atoms with van der Waals surface area (Å²) in [5, 5.41) is 6.07. The number of carbonyl (C=O) groups excluding carboxylic acids is 4. The first-order chi connectivity index (χ1) is 23.9. The highest BCUT2D eigenvalue weighted by Crippen LogP contribution is 2.44. The predicted octanol–water partition coefficient (Wildman–Crippen LogP) is 7.18. The number of esters is 1. The van der Waals surface area contributed by atoms with Gasteiger partial charge in [-0.25, -0.2) is 4.79 Å². The molecule has 4 aromatic carbocycles. The molecule has 0 fully saturated rings. The molecule has 1 aliphatic heterocycles. The van der Waals surface area contributed by atoms with E-state index < -0.39 is 48.0 Å². The van der Waals surface area contributed by atoms with Gasteiger partial charge in [-0.15, -0.1) is 0 Å². The number of nitrogens with zero attached hydrogens (tertiary/aromatic N) is 1. The maximum absolute atomic E-state index is 14.1. The van der Waals surface area contributed by atoms with Gasteiger partial charge >= 0.3 is 12.1 Å². The number of hydrogen-bond acceptors (Lipinski definition) is 6. The van der Waals surface area contributed by atoms with Crippen molar-refractivity contribution >= 4 is 41.2 Å². The summed E-state index contributed by atoms with van der Waals surface area (Å²) in [6.07, 6.45) is -0.870. The topological polar surface area (TPSA) is 114 Å². The second-order valence-corrected chi connectivity index (χ2v) is 14.1. The molecule has 0 aromatic heterocycles. The van der Waals surface area contributed by atoms with E-state index in [9.17, 15) is 19.2 Å². The monoisotopic (exact) mass is 693 g/mol. The van der Waals surface area contributed by atoms with Gasteiger partial charge in [0.25, 0.3) is 0 Å². The lowest BCUT2D eigenvalue weighted by Crippen LogP contribution is -2.56. The Kier molecular flexibility index (Phi) is 9.97. The molecule has 0 bridgehead atoms. The second-order valence-electron chi connectivity index (χ2n) is 13.7. The molecule has 0 unspecified atom stereocenters. The lowest BCUT2D eigenvalue weighted by molar-refractivity contribution is -0.156. The first kappa shape index (κ1) is 34.7. The zero-order valence-corrected chi connectivity index (χ0v) is 29.3. The number of hydrogen-bond donors (Lipinski definition) is 2. The van der Waals surface area contributed by atoms with Crippen LogP contribution in [0.5, 0.6) is 0 Å². The summed E-state index contributed by atoms with van der Waals surface area (Å²) >= 11 is 6.17. The zero-order valence-electron chi connectivity index (χ0n) is 28.5. The average Bonchev–Trinajstić information content (AvgIpc) is 3.40. The molecule has 6 rings (SSSR count). The van der Waals surface area contributed by atoms with Crippen molar-refractivity contribution in [1.29, 1.82) is 0 Å². The largest absolute Gasteiger partial charge is 0.460 e. The van der Waals surface area contributed by atoms with E-state index in [1.165, 1.54) is 4.90 Å². The number of amides is 3. The Labute approximate surface area is 296 Å². The molecule has 0 spiro atoms. The third kappa shape index (κ3) is 7.68. The lowest BCUT2D eigenvalue weighted by Gasteiger charge is -2.36. The van der Waals surface area contributed by atoms with Crippen molar-refractivity contribution in [1.82, 2.24) is 10.2 Å². The fourth-order valence-electron chi connectivity index (χ4n) is 6.60. The van der Waals surface area contributed by atoms with Gasteiger partial charge in [0.15, 0.2) is 0 Å². The Balaban J connectivity index is 1.23. The van der Waals surface area contributed by atoms with Crippen molar-refractivity contribution in [2.24, 2.45) is 0 Å². The van der Waals surface area contributed by atoms with E-state index >= 15 is 0 Å². The van der Waals surface area contributed by atoms with E-state index in [-0.39, 0.29) is 25.5 Å². The maximum atomic E-state index is 14.1. The van der Waals surface area contributed by atoms with Crippen LogP contribution in [0.15, 0.2) is 91.0 Å². The van der Waals surface area contributed by atoms with Crippen molar-refractivity contribution in [2.75, 3.05) is 11.9 Å². The Hall–Kier alpha value is -5.15. The first-order valence-corrected chi connectivity index (χ1v) is 17.0. The van der Waals surface area contributed by atoms with E-state index in [0.29, 0.717) is 10.7 Å². The number of carbonyl (C=O) groups is 4. The Bertz CT molecular complexity index is 1910. The first-order valence-electron chi connectivity index (χ1n) is 16.7. The molecule has 1 aliphatic carbocycles. The summed E-state index contributed by atoms with van der Waals surface area (Å²) in [5.74, 6) is -2.03. The second kappa shape index (κ2) is 14.4. The summed E-state index contributed by atoms with van der Waals surface area (Å²) < 4.78 is 11.5. The van der Waals surface area contributed by atoms with Crippen molar-refractivity contribution in [3.8, 4) is 11.1 Å². The van der Waals surface area contributed by atoms with Crippen LogP contribution in [0.2, 0.25) is 5.02 Å². The van der Waals surface area contributed by atoms with Crippen molar-refractivity contribution in [3.05, 3.63) is 124 Å². The molecule has 2 atom stereocenters. The van der Waals surface area contributed by atoms with Crippen molar-refractivity contribution in [3.63, 3.8) is 0 Å². The van der Waals surface area contributed by atoms with Gasteiger partial charge in [0, 0.05) is 23.0 Å².